The van der Waals surface area contributed by atoms with Crippen molar-refractivity contribution in [2.75, 3.05) is 23.9 Å². The highest BCUT2D eigenvalue weighted by atomic mass is 79.9. The number of benzene rings is 1. The van der Waals surface area contributed by atoms with E-state index < -0.39 is 0 Å². The number of hydrogen-bond donors (Lipinski definition) is 1. The third kappa shape index (κ3) is 3.08. The maximum absolute atomic E-state index is 5.18. The second-order valence-corrected chi connectivity index (χ2v) is 5.96. The molecular formula is C12H16BrNOS. The molecule has 0 saturated carbocycles. The summed E-state index contributed by atoms with van der Waals surface area (Å²) in [5, 5.41) is 3.58. The fourth-order valence-electron chi connectivity index (χ4n) is 1.80. The van der Waals surface area contributed by atoms with Crippen LogP contribution in [0.5, 0.6) is 5.75 Å². The van der Waals surface area contributed by atoms with Crippen molar-refractivity contribution in [3.05, 3.63) is 22.7 Å². The zero-order valence-corrected chi connectivity index (χ0v) is 11.7. The highest BCUT2D eigenvalue weighted by Gasteiger charge is 2.14. The van der Waals surface area contributed by atoms with Gasteiger partial charge in [-0.1, -0.05) is 0 Å². The molecule has 1 heterocycles. The highest BCUT2D eigenvalue weighted by Crippen LogP contribution is 2.29. The standard InChI is InChI=1S/C12H16BrNOS/c1-15-10-2-3-12(11(13)8-10)14-9-4-6-16-7-5-9/h2-3,8-9,14H,4-7H2,1H3. The Balaban J connectivity index is 2.03. The van der Waals surface area contributed by atoms with E-state index in [-0.39, 0.29) is 0 Å². The van der Waals surface area contributed by atoms with E-state index in [2.05, 4.69) is 27.3 Å². The second kappa shape index (κ2) is 5.82. The predicted molar refractivity (Wildman–Crippen MR) is 74.7 cm³/mol. The molecule has 1 aliphatic heterocycles. The maximum Gasteiger partial charge on any atom is 0.120 e. The van der Waals surface area contributed by atoms with Gasteiger partial charge in [-0.25, -0.2) is 0 Å². The molecule has 16 heavy (non-hydrogen) atoms. The first kappa shape index (κ1) is 12.1. The number of rotatable bonds is 3. The van der Waals surface area contributed by atoms with Gasteiger partial charge in [-0.05, 0) is 58.5 Å². The van der Waals surface area contributed by atoms with Crippen molar-refractivity contribution in [2.45, 2.75) is 18.9 Å². The van der Waals surface area contributed by atoms with Gasteiger partial charge in [0.1, 0.15) is 5.75 Å². The molecular weight excluding hydrogens is 286 g/mol. The molecule has 2 rings (SSSR count). The van der Waals surface area contributed by atoms with E-state index in [1.165, 1.54) is 24.3 Å². The Morgan fingerprint density at radius 3 is 2.75 bits per heavy atom. The van der Waals surface area contributed by atoms with E-state index in [4.69, 9.17) is 4.74 Å². The average molecular weight is 302 g/mol. The second-order valence-electron chi connectivity index (χ2n) is 3.88. The third-order valence-electron chi connectivity index (χ3n) is 2.76. The van der Waals surface area contributed by atoms with Gasteiger partial charge < -0.3 is 10.1 Å². The Hall–Kier alpha value is -0.350. The number of halogens is 1. The fourth-order valence-corrected chi connectivity index (χ4v) is 3.38. The highest BCUT2D eigenvalue weighted by molar-refractivity contribution is 9.10. The summed E-state index contributed by atoms with van der Waals surface area (Å²) >= 11 is 5.61. The topological polar surface area (TPSA) is 21.3 Å². The molecule has 0 unspecified atom stereocenters. The van der Waals surface area contributed by atoms with Crippen molar-refractivity contribution in [3.8, 4) is 5.75 Å². The lowest BCUT2D eigenvalue weighted by Gasteiger charge is -2.24. The molecule has 1 fully saturated rings. The van der Waals surface area contributed by atoms with E-state index in [0.717, 1.165) is 15.9 Å². The molecule has 1 aromatic carbocycles. The predicted octanol–water partition coefficient (Wildman–Crippen LogP) is 3.77. The molecule has 0 amide bonds. The van der Waals surface area contributed by atoms with E-state index >= 15 is 0 Å². The van der Waals surface area contributed by atoms with Gasteiger partial charge >= 0.3 is 0 Å². The van der Waals surface area contributed by atoms with Crippen LogP contribution in [0.25, 0.3) is 0 Å². The number of thioether (sulfide) groups is 1. The molecule has 0 bridgehead atoms. The molecule has 4 heteroatoms. The monoisotopic (exact) mass is 301 g/mol. The number of ether oxygens (including phenoxy) is 1. The molecule has 1 aromatic rings. The zero-order chi connectivity index (χ0) is 11.4. The number of nitrogens with one attached hydrogen (secondary N) is 1. The van der Waals surface area contributed by atoms with Crippen LogP contribution in [0, 0.1) is 0 Å². The quantitative estimate of drug-likeness (QED) is 0.918. The van der Waals surface area contributed by atoms with E-state index in [1.807, 2.05) is 23.9 Å². The molecule has 0 aromatic heterocycles. The van der Waals surface area contributed by atoms with Crippen molar-refractivity contribution in [1.29, 1.82) is 0 Å². The third-order valence-corrected chi connectivity index (χ3v) is 4.46. The lowest BCUT2D eigenvalue weighted by molar-refractivity contribution is 0.414. The van der Waals surface area contributed by atoms with Crippen molar-refractivity contribution in [1.82, 2.24) is 0 Å². The van der Waals surface area contributed by atoms with Gasteiger partial charge in [0, 0.05) is 16.2 Å². The van der Waals surface area contributed by atoms with Gasteiger partial charge in [0.2, 0.25) is 0 Å². The van der Waals surface area contributed by atoms with Crippen LogP contribution in [-0.4, -0.2) is 24.7 Å². The van der Waals surface area contributed by atoms with Gasteiger partial charge in [-0.2, -0.15) is 11.8 Å². The van der Waals surface area contributed by atoms with Gasteiger partial charge in [0.05, 0.1) is 7.11 Å². The zero-order valence-electron chi connectivity index (χ0n) is 9.33. The van der Waals surface area contributed by atoms with Gasteiger partial charge in [0.15, 0.2) is 0 Å². The Labute approximate surface area is 109 Å². The Morgan fingerprint density at radius 2 is 2.12 bits per heavy atom. The van der Waals surface area contributed by atoms with Crippen molar-refractivity contribution in [2.24, 2.45) is 0 Å². The maximum atomic E-state index is 5.18. The van der Waals surface area contributed by atoms with Gasteiger partial charge in [-0.3, -0.25) is 0 Å². The molecule has 1 saturated heterocycles. The summed E-state index contributed by atoms with van der Waals surface area (Å²) < 4.78 is 6.25. The summed E-state index contributed by atoms with van der Waals surface area (Å²) in [6, 6.07) is 6.68. The van der Waals surface area contributed by atoms with Crippen LogP contribution in [0.15, 0.2) is 22.7 Å². The summed E-state index contributed by atoms with van der Waals surface area (Å²) in [4.78, 5) is 0. The van der Waals surface area contributed by atoms with Crippen LogP contribution < -0.4 is 10.1 Å². The van der Waals surface area contributed by atoms with Crippen LogP contribution in [0.1, 0.15) is 12.8 Å². The lowest BCUT2D eigenvalue weighted by Crippen LogP contribution is -2.24. The van der Waals surface area contributed by atoms with Crippen LogP contribution in [0.4, 0.5) is 5.69 Å². The van der Waals surface area contributed by atoms with E-state index in [0.29, 0.717) is 6.04 Å². The van der Waals surface area contributed by atoms with Gasteiger partial charge in [0.25, 0.3) is 0 Å². The van der Waals surface area contributed by atoms with Crippen molar-refractivity contribution < 1.29 is 4.74 Å². The smallest absolute Gasteiger partial charge is 0.120 e. The summed E-state index contributed by atoms with van der Waals surface area (Å²) in [6.07, 6.45) is 2.51. The van der Waals surface area contributed by atoms with Crippen LogP contribution in [-0.2, 0) is 0 Å². The summed E-state index contributed by atoms with van der Waals surface area (Å²) in [5.41, 5.74) is 1.16. The molecule has 1 aliphatic rings. The molecule has 0 aliphatic carbocycles. The minimum atomic E-state index is 0.617. The molecule has 0 spiro atoms. The van der Waals surface area contributed by atoms with E-state index in [1.54, 1.807) is 7.11 Å². The first-order valence-corrected chi connectivity index (χ1v) is 7.42. The Bertz CT molecular complexity index is 353. The minimum Gasteiger partial charge on any atom is -0.497 e. The Morgan fingerprint density at radius 1 is 1.38 bits per heavy atom. The van der Waals surface area contributed by atoms with Gasteiger partial charge in [-0.15, -0.1) is 0 Å². The number of hydrogen-bond acceptors (Lipinski definition) is 3. The largest absolute Gasteiger partial charge is 0.497 e. The van der Waals surface area contributed by atoms with Crippen LogP contribution in [0.3, 0.4) is 0 Å². The van der Waals surface area contributed by atoms with Crippen molar-refractivity contribution in [3.63, 3.8) is 0 Å². The minimum absolute atomic E-state index is 0.617. The van der Waals surface area contributed by atoms with Crippen LogP contribution >= 0.6 is 27.7 Å². The first-order valence-electron chi connectivity index (χ1n) is 5.47. The number of methoxy groups -OCH3 is 1. The normalized spacial score (nSPS) is 17.1. The summed E-state index contributed by atoms with van der Waals surface area (Å²) in [5.74, 6) is 3.42. The molecule has 88 valence electrons. The summed E-state index contributed by atoms with van der Waals surface area (Å²) in [7, 11) is 1.69. The summed E-state index contributed by atoms with van der Waals surface area (Å²) in [6.45, 7) is 0. The molecule has 0 radical (unpaired) electrons. The Kier molecular flexibility index (Phi) is 4.41. The first-order chi connectivity index (χ1) is 7.79. The molecule has 2 nitrogen and oxygen atoms in total. The lowest BCUT2D eigenvalue weighted by atomic mass is 10.1. The van der Waals surface area contributed by atoms with Crippen LogP contribution in [0.2, 0.25) is 0 Å². The van der Waals surface area contributed by atoms with E-state index in [9.17, 15) is 0 Å². The average Bonchev–Trinajstić information content (AvgIpc) is 2.33. The number of anilines is 1. The van der Waals surface area contributed by atoms with Crippen molar-refractivity contribution >= 4 is 33.4 Å². The SMILES string of the molecule is COc1ccc(NC2CCSCC2)c(Br)c1. The molecule has 1 N–H and O–H groups in total. The fraction of sp³-hybridized carbons (Fsp3) is 0.500. The molecule has 0 atom stereocenters.